The largest absolute Gasteiger partial charge is 0.384 e. The molecule has 3 aliphatic rings. The van der Waals surface area contributed by atoms with Gasteiger partial charge in [-0.15, -0.1) is 0 Å². The predicted molar refractivity (Wildman–Crippen MR) is 130 cm³/mol. The molecule has 0 saturated heterocycles. The predicted octanol–water partition coefficient (Wildman–Crippen LogP) is 4.52. The number of amides is 1. The van der Waals surface area contributed by atoms with Crippen LogP contribution < -0.4 is 15.5 Å². The van der Waals surface area contributed by atoms with E-state index in [0.29, 0.717) is 28.9 Å². The summed E-state index contributed by atoms with van der Waals surface area (Å²) in [6.45, 7) is 4.08. The Hall–Kier alpha value is -3.37. The molecule has 1 atom stereocenters. The second kappa shape index (κ2) is 7.06. The lowest BCUT2D eigenvalue weighted by Gasteiger charge is -2.46. The molecule has 7 heteroatoms. The second-order valence-electron chi connectivity index (χ2n) is 9.58. The number of hydrogen-bond donors (Lipinski definition) is 1. The van der Waals surface area contributed by atoms with Crippen molar-refractivity contribution in [2.24, 2.45) is 11.1 Å². The quantitative estimate of drug-likeness (QED) is 0.618. The SMILES string of the molecule is CN1C(=O)C2(C(C#N)=C(N)N(c3cccc(Br)c3)C3=C2C(=O)CC(C)(C)C3)c2ccccc21. The number of carbonyl (C=O) groups is 2. The van der Waals surface area contributed by atoms with E-state index in [1.54, 1.807) is 11.9 Å². The van der Waals surface area contributed by atoms with Gasteiger partial charge in [-0.25, -0.2) is 0 Å². The number of nitrogens with zero attached hydrogens (tertiary/aromatic N) is 3. The number of benzene rings is 2. The molecule has 33 heavy (non-hydrogen) atoms. The van der Waals surface area contributed by atoms with Gasteiger partial charge in [-0.05, 0) is 36.1 Å². The van der Waals surface area contributed by atoms with Crippen LogP contribution in [0.2, 0.25) is 0 Å². The number of rotatable bonds is 1. The summed E-state index contributed by atoms with van der Waals surface area (Å²) in [6.07, 6.45) is 0.832. The molecule has 1 spiro atoms. The van der Waals surface area contributed by atoms with Crippen LogP contribution in [0, 0.1) is 16.7 Å². The van der Waals surface area contributed by atoms with Crippen LogP contribution in [0.5, 0.6) is 0 Å². The highest BCUT2D eigenvalue weighted by molar-refractivity contribution is 9.10. The first-order valence-electron chi connectivity index (χ1n) is 10.7. The molecule has 1 aliphatic carbocycles. The van der Waals surface area contributed by atoms with Crippen molar-refractivity contribution in [3.63, 3.8) is 0 Å². The Balaban J connectivity index is 1.92. The normalized spacial score (nSPS) is 23.7. The molecule has 5 rings (SSSR count). The Morgan fingerprint density at radius 1 is 1.09 bits per heavy atom. The second-order valence-corrected chi connectivity index (χ2v) is 10.5. The zero-order valence-corrected chi connectivity index (χ0v) is 20.2. The average Bonchev–Trinajstić information content (AvgIpc) is 2.96. The van der Waals surface area contributed by atoms with Crippen molar-refractivity contribution in [1.29, 1.82) is 5.26 Å². The van der Waals surface area contributed by atoms with E-state index in [1.165, 1.54) is 4.90 Å². The van der Waals surface area contributed by atoms with Crippen LogP contribution in [0.3, 0.4) is 0 Å². The first-order valence-corrected chi connectivity index (χ1v) is 11.5. The van der Waals surface area contributed by atoms with Crippen LogP contribution in [-0.2, 0) is 15.0 Å². The van der Waals surface area contributed by atoms with Gasteiger partial charge < -0.3 is 10.6 Å². The number of nitriles is 1. The van der Waals surface area contributed by atoms with Gasteiger partial charge >= 0.3 is 0 Å². The summed E-state index contributed by atoms with van der Waals surface area (Å²) < 4.78 is 0.845. The molecule has 2 heterocycles. The number of para-hydroxylation sites is 1. The van der Waals surface area contributed by atoms with Gasteiger partial charge in [0, 0.05) is 46.1 Å². The van der Waals surface area contributed by atoms with Gasteiger partial charge in [-0.3, -0.25) is 14.5 Å². The number of nitrogens with two attached hydrogens (primary N) is 1. The number of carbonyl (C=O) groups excluding carboxylic acids is 2. The van der Waals surface area contributed by atoms with Gasteiger partial charge in [0.05, 0.1) is 5.57 Å². The summed E-state index contributed by atoms with van der Waals surface area (Å²) in [7, 11) is 1.68. The third kappa shape index (κ3) is 2.77. The lowest BCUT2D eigenvalue weighted by atomic mass is 9.60. The molecule has 0 bridgehead atoms. The first-order chi connectivity index (χ1) is 15.6. The van der Waals surface area contributed by atoms with Crippen molar-refractivity contribution in [3.8, 4) is 6.07 Å². The highest BCUT2D eigenvalue weighted by Crippen LogP contribution is 2.58. The molecular weight excluding hydrogens is 480 g/mol. The fourth-order valence-corrected chi connectivity index (χ4v) is 5.96. The Morgan fingerprint density at radius 2 is 1.82 bits per heavy atom. The number of ketones is 1. The minimum atomic E-state index is -1.53. The highest BCUT2D eigenvalue weighted by atomic mass is 79.9. The van der Waals surface area contributed by atoms with Crippen molar-refractivity contribution in [1.82, 2.24) is 0 Å². The molecular formula is C26H23BrN4O2. The van der Waals surface area contributed by atoms with Crippen molar-refractivity contribution < 1.29 is 9.59 Å². The summed E-state index contributed by atoms with van der Waals surface area (Å²) in [6, 6.07) is 17.1. The summed E-state index contributed by atoms with van der Waals surface area (Å²) in [5, 5.41) is 10.4. The van der Waals surface area contributed by atoms with E-state index in [-0.39, 0.29) is 34.9 Å². The van der Waals surface area contributed by atoms with Gasteiger partial charge in [0.1, 0.15) is 17.3 Å². The van der Waals surface area contributed by atoms with Crippen LogP contribution in [0.1, 0.15) is 32.3 Å². The van der Waals surface area contributed by atoms with Crippen molar-refractivity contribution in [2.45, 2.75) is 32.1 Å². The van der Waals surface area contributed by atoms with Crippen molar-refractivity contribution in [3.05, 3.63) is 81.2 Å². The zero-order chi connectivity index (χ0) is 23.7. The number of Topliss-reactive ketones (excluding diaryl/α,β-unsaturated/α-hetero) is 1. The maximum atomic E-state index is 14.0. The number of hydrogen-bond acceptors (Lipinski definition) is 5. The molecule has 2 aromatic rings. The third-order valence-electron chi connectivity index (χ3n) is 6.84. The molecule has 1 amide bonds. The number of fused-ring (bicyclic) bond motifs is 3. The smallest absolute Gasteiger partial charge is 0.247 e. The summed E-state index contributed by atoms with van der Waals surface area (Å²) in [4.78, 5) is 31.2. The van der Waals surface area contributed by atoms with Gasteiger partial charge in [0.2, 0.25) is 5.91 Å². The van der Waals surface area contributed by atoms with E-state index in [9.17, 15) is 14.9 Å². The molecule has 6 nitrogen and oxygen atoms in total. The van der Waals surface area contributed by atoms with E-state index >= 15 is 0 Å². The third-order valence-corrected chi connectivity index (χ3v) is 7.34. The minimum Gasteiger partial charge on any atom is -0.384 e. The molecule has 0 fully saturated rings. The summed E-state index contributed by atoms with van der Waals surface area (Å²) >= 11 is 3.51. The van der Waals surface area contributed by atoms with Crippen LogP contribution in [-0.4, -0.2) is 18.7 Å². The lowest BCUT2D eigenvalue weighted by Crippen LogP contribution is -2.53. The van der Waals surface area contributed by atoms with E-state index in [2.05, 4.69) is 22.0 Å². The van der Waals surface area contributed by atoms with Gasteiger partial charge in [0.15, 0.2) is 5.78 Å². The van der Waals surface area contributed by atoms with Crippen molar-refractivity contribution in [2.75, 3.05) is 16.8 Å². The number of anilines is 2. The summed E-state index contributed by atoms with van der Waals surface area (Å²) in [5.41, 5.74) is 8.07. The van der Waals surface area contributed by atoms with Crippen LogP contribution in [0.15, 0.2) is 75.7 Å². The van der Waals surface area contributed by atoms with E-state index in [0.717, 1.165) is 10.2 Å². The van der Waals surface area contributed by atoms with Crippen LogP contribution in [0.4, 0.5) is 11.4 Å². The van der Waals surface area contributed by atoms with E-state index in [1.807, 2.05) is 62.4 Å². The Labute approximate surface area is 201 Å². The Morgan fingerprint density at radius 3 is 2.52 bits per heavy atom. The Bertz CT molecular complexity index is 1350. The zero-order valence-electron chi connectivity index (χ0n) is 18.6. The average molecular weight is 503 g/mol. The standard InChI is InChI=1S/C26H23BrN4O2/c1-25(2)12-20-22(21(32)13-25)26(17-9-4-5-10-19(17)30(3)24(26)33)18(14-28)23(29)31(20)16-8-6-7-15(27)11-16/h4-11H,12-13,29H2,1-3H3. The number of allylic oxidation sites excluding steroid dienone is 1. The maximum absolute atomic E-state index is 14.0. The molecule has 2 aromatic carbocycles. The Kier molecular flexibility index (Phi) is 4.60. The highest BCUT2D eigenvalue weighted by Gasteiger charge is 2.62. The molecule has 0 aromatic heterocycles. The van der Waals surface area contributed by atoms with Gasteiger partial charge in [-0.1, -0.05) is 54.0 Å². The molecule has 0 radical (unpaired) electrons. The lowest BCUT2D eigenvalue weighted by molar-refractivity contribution is -0.124. The number of halogens is 1. The monoisotopic (exact) mass is 502 g/mol. The van der Waals surface area contributed by atoms with Crippen LogP contribution >= 0.6 is 15.9 Å². The summed E-state index contributed by atoms with van der Waals surface area (Å²) in [5.74, 6) is -0.268. The topological polar surface area (TPSA) is 90.4 Å². The molecule has 2 N–H and O–H groups in total. The minimum absolute atomic E-state index is 0.0936. The number of likely N-dealkylation sites (N-methyl/N-ethyl adjacent to an activating group) is 1. The molecule has 2 aliphatic heterocycles. The molecule has 166 valence electrons. The van der Waals surface area contributed by atoms with Crippen LogP contribution in [0.25, 0.3) is 0 Å². The maximum Gasteiger partial charge on any atom is 0.247 e. The fraction of sp³-hybridized carbons (Fsp3) is 0.269. The van der Waals surface area contributed by atoms with E-state index < -0.39 is 5.41 Å². The van der Waals surface area contributed by atoms with Gasteiger partial charge in [0.25, 0.3) is 0 Å². The molecule has 0 saturated carbocycles. The first kappa shape index (κ1) is 21.5. The fourth-order valence-electron chi connectivity index (χ4n) is 5.57. The van der Waals surface area contributed by atoms with Crippen molar-refractivity contribution >= 4 is 39.0 Å². The van der Waals surface area contributed by atoms with Gasteiger partial charge in [-0.2, -0.15) is 5.26 Å². The van der Waals surface area contributed by atoms with E-state index in [4.69, 9.17) is 5.73 Å². The molecule has 1 unspecified atom stereocenters.